The Bertz CT molecular complexity index is 230. The molecule has 0 aromatic heterocycles. The minimum atomic E-state index is -1.17. The van der Waals surface area contributed by atoms with Gasteiger partial charge in [0.15, 0.2) is 0 Å². The van der Waals surface area contributed by atoms with Gasteiger partial charge in [-0.25, -0.2) is 14.4 Å². The van der Waals surface area contributed by atoms with E-state index in [4.69, 9.17) is 15.3 Å². The minimum absolute atomic E-state index is 0.176. The predicted octanol–water partition coefficient (Wildman–Crippen LogP) is -0.181. The summed E-state index contributed by atoms with van der Waals surface area (Å²) in [6.45, 7) is 3.48. The quantitative estimate of drug-likeness (QED) is 0.549. The lowest BCUT2D eigenvalue weighted by molar-refractivity contribution is -0.148. The second kappa shape index (κ2) is 8.70. The predicted molar refractivity (Wildman–Crippen MR) is 48.5 cm³/mol. The number of carboxylic acid groups (broad SMARTS) is 3. The third-order valence-electron chi connectivity index (χ3n) is 0.816. The first-order valence-electron chi connectivity index (χ1n) is 3.67. The maximum Gasteiger partial charge on any atom is 0.330 e. The Morgan fingerprint density at radius 3 is 1.47 bits per heavy atom. The summed E-state index contributed by atoms with van der Waals surface area (Å²) in [6, 6.07) is 0. The van der Waals surface area contributed by atoms with Crippen LogP contribution in [0.5, 0.6) is 0 Å². The molecule has 0 aliphatic rings. The van der Waals surface area contributed by atoms with Crippen molar-refractivity contribution in [2.75, 3.05) is 13.2 Å². The Morgan fingerprint density at radius 1 is 1.07 bits per heavy atom. The Kier molecular flexibility index (Phi) is 9.03. The fourth-order valence-electron chi connectivity index (χ4n) is 0.226. The molecule has 0 heterocycles. The van der Waals surface area contributed by atoms with E-state index < -0.39 is 31.1 Å². The van der Waals surface area contributed by atoms with Crippen LogP contribution in [0.15, 0.2) is 12.2 Å². The average molecular weight is 220 g/mol. The third-order valence-corrected chi connectivity index (χ3v) is 0.816. The van der Waals surface area contributed by atoms with Crippen molar-refractivity contribution in [1.29, 1.82) is 0 Å². The first kappa shape index (κ1) is 15.6. The maximum absolute atomic E-state index is 9.66. The van der Waals surface area contributed by atoms with Gasteiger partial charge in [-0.2, -0.15) is 0 Å². The maximum atomic E-state index is 9.66. The Hall–Kier alpha value is -1.89. The number of hydrogen-bond acceptors (Lipinski definition) is 4. The molecule has 0 aliphatic carbocycles. The van der Waals surface area contributed by atoms with Crippen LogP contribution in [0.25, 0.3) is 0 Å². The van der Waals surface area contributed by atoms with Crippen molar-refractivity contribution in [2.24, 2.45) is 0 Å². The lowest BCUT2D eigenvalue weighted by Gasteiger charge is -1.92. The summed E-state index contributed by atoms with van der Waals surface area (Å²) in [4.78, 5) is 28.9. The molecule has 0 unspecified atom stereocenters. The SMILES string of the molecule is C=C(C)C(=O)O.O=C(O)COCC(=O)O. The zero-order chi connectivity index (χ0) is 12.4. The van der Waals surface area contributed by atoms with E-state index in [1.165, 1.54) is 6.92 Å². The molecule has 0 radical (unpaired) electrons. The summed E-state index contributed by atoms with van der Waals surface area (Å²) in [5, 5.41) is 23.7. The summed E-state index contributed by atoms with van der Waals surface area (Å²) in [6.07, 6.45) is 0. The molecule has 0 spiro atoms. The van der Waals surface area contributed by atoms with Gasteiger partial charge in [0.1, 0.15) is 13.2 Å². The van der Waals surface area contributed by atoms with Gasteiger partial charge in [0.05, 0.1) is 0 Å². The van der Waals surface area contributed by atoms with E-state index in [0.717, 1.165) is 0 Å². The minimum Gasteiger partial charge on any atom is -0.480 e. The molecule has 0 aliphatic heterocycles. The Morgan fingerprint density at radius 2 is 1.33 bits per heavy atom. The molecule has 0 aromatic rings. The van der Waals surface area contributed by atoms with Gasteiger partial charge < -0.3 is 20.1 Å². The van der Waals surface area contributed by atoms with Crippen LogP contribution < -0.4 is 0 Å². The molecule has 3 N–H and O–H groups in total. The summed E-state index contributed by atoms with van der Waals surface area (Å²) >= 11 is 0. The van der Waals surface area contributed by atoms with Gasteiger partial charge in [-0.15, -0.1) is 0 Å². The molecular weight excluding hydrogens is 208 g/mol. The number of rotatable bonds is 5. The van der Waals surface area contributed by atoms with Crippen molar-refractivity contribution >= 4 is 17.9 Å². The lowest BCUT2D eigenvalue weighted by atomic mass is 10.4. The van der Waals surface area contributed by atoms with Gasteiger partial charge in [0, 0.05) is 5.57 Å². The highest BCUT2D eigenvalue weighted by atomic mass is 16.5. The second-order valence-corrected chi connectivity index (χ2v) is 2.37. The van der Waals surface area contributed by atoms with Crippen LogP contribution in [0.2, 0.25) is 0 Å². The standard InChI is InChI=1S/C4H6O5.C4H6O2/c5-3(6)1-9-2-4(7)8;1-3(2)4(5)6/h1-2H2,(H,5,6)(H,7,8);1H2,2H3,(H,5,6). The van der Waals surface area contributed by atoms with Gasteiger partial charge in [0.2, 0.25) is 0 Å². The Balaban J connectivity index is 0. The molecule has 7 nitrogen and oxygen atoms in total. The second-order valence-electron chi connectivity index (χ2n) is 2.37. The van der Waals surface area contributed by atoms with E-state index in [2.05, 4.69) is 11.3 Å². The van der Waals surface area contributed by atoms with E-state index >= 15 is 0 Å². The summed E-state index contributed by atoms with van der Waals surface area (Å²) < 4.78 is 4.16. The highest BCUT2D eigenvalue weighted by Gasteiger charge is 1.99. The van der Waals surface area contributed by atoms with Gasteiger partial charge in [-0.1, -0.05) is 6.58 Å². The molecular formula is C8H12O7. The van der Waals surface area contributed by atoms with Crippen molar-refractivity contribution in [2.45, 2.75) is 6.92 Å². The molecule has 0 rings (SSSR count). The van der Waals surface area contributed by atoms with Crippen LogP contribution >= 0.6 is 0 Å². The number of carboxylic acids is 3. The normalized spacial score (nSPS) is 8.33. The van der Waals surface area contributed by atoms with Gasteiger partial charge in [-0.3, -0.25) is 0 Å². The van der Waals surface area contributed by atoms with Gasteiger partial charge in [0.25, 0.3) is 0 Å². The summed E-state index contributed by atoms with van der Waals surface area (Å²) in [5.74, 6) is -3.28. The third kappa shape index (κ3) is 18.8. The van der Waals surface area contributed by atoms with E-state index in [9.17, 15) is 14.4 Å². The molecule has 0 aromatic carbocycles. The zero-order valence-corrected chi connectivity index (χ0v) is 8.10. The number of hydrogen-bond donors (Lipinski definition) is 3. The summed E-state index contributed by atoms with van der Waals surface area (Å²) in [7, 11) is 0. The monoisotopic (exact) mass is 220 g/mol. The largest absolute Gasteiger partial charge is 0.480 e. The lowest BCUT2D eigenvalue weighted by Crippen LogP contribution is -2.13. The van der Waals surface area contributed by atoms with E-state index in [0.29, 0.717) is 0 Å². The highest BCUT2D eigenvalue weighted by Crippen LogP contribution is 1.81. The number of ether oxygens (including phenoxy) is 1. The van der Waals surface area contributed by atoms with E-state index in [1.807, 2.05) is 0 Å². The van der Waals surface area contributed by atoms with Crippen molar-refractivity contribution in [1.82, 2.24) is 0 Å². The highest BCUT2D eigenvalue weighted by molar-refractivity contribution is 5.84. The van der Waals surface area contributed by atoms with Crippen LogP contribution in [0, 0.1) is 0 Å². The van der Waals surface area contributed by atoms with E-state index in [1.54, 1.807) is 0 Å². The molecule has 86 valence electrons. The molecule has 0 atom stereocenters. The van der Waals surface area contributed by atoms with Crippen LogP contribution in [0.1, 0.15) is 6.92 Å². The number of carbonyl (C=O) groups is 3. The first-order valence-corrected chi connectivity index (χ1v) is 3.67. The van der Waals surface area contributed by atoms with Gasteiger partial charge >= 0.3 is 17.9 Å². The topological polar surface area (TPSA) is 121 Å². The molecule has 15 heavy (non-hydrogen) atoms. The Labute approximate surface area is 85.6 Å². The molecule has 0 saturated heterocycles. The van der Waals surface area contributed by atoms with Crippen molar-refractivity contribution in [3.8, 4) is 0 Å². The van der Waals surface area contributed by atoms with Crippen LogP contribution in [0.3, 0.4) is 0 Å². The van der Waals surface area contributed by atoms with Crippen molar-refractivity contribution in [3.05, 3.63) is 12.2 Å². The smallest absolute Gasteiger partial charge is 0.330 e. The molecule has 0 bridgehead atoms. The molecule has 0 amide bonds. The molecule has 0 saturated carbocycles. The average Bonchev–Trinajstić information content (AvgIpc) is 2.03. The van der Waals surface area contributed by atoms with Crippen LogP contribution in [-0.2, 0) is 19.1 Å². The van der Waals surface area contributed by atoms with Crippen LogP contribution in [0.4, 0.5) is 0 Å². The fourth-order valence-corrected chi connectivity index (χ4v) is 0.226. The van der Waals surface area contributed by atoms with Crippen molar-refractivity contribution in [3.63, 3.8) is 0 Å². The first-order chi connectivity index (χ1) is 6.77. The summed E-state index contributed by atoms with van der Waals surface area (Å²) in [5.41, 5.74) is 0.176. The number of aliphatic carboxylic acids is 3. The van der Waals surface area contributed by atoms with Crippen molar-refractivity contribution < 1.29 is 34.4 Å². The van der Waals surface area contributed by atoms with Gasteiger partial charge in [-0.05, 0) is 6.92 Å². The molecule has 0 fully saturated rings. The van der Waals surface area contributed by atoms with Crippen LogP contribution in [-0.4, -0.2) is 46.4 Å². The fraction of sp³-hybridized carbons (Fsp3) is 0.375. The van der Waals surface area contributed by atoms with E-state index in [-0.39, 0.29) is 5.57 Å². The molecule has 7 heteroatoms. The zero-order valence-electron chi connectivity index (χ0n) is 8.10.